The number of nitrogens with zero attached hydrogens (tertiary/aromatic N) is 2. The second kappa shape index (κ2) is 11.3. The molecule has 0 radical (unpaired) electrons. The summed E-state index contributed by atoms with van der Waals surface area (Å²) in [6.45, 7) is 0. The van der Waals surface area contributed by atoms with Crippen molar-refractivity contribution in [2.45, 2.75) is 12.5 Å². The van der Waals surface area contributed by atoms with E-state index in [-0.39, 0.29) is 6.04 Å². The van der Waals surface area contributed by atoms with Crippen LogP contribution in [0.25, 0.3) is 91.5 Å². The summed E-state index contributed by atoms with van der Waals surface area (Å²) in [5.74, 6) is 0. The molecule has 2 aliphatic rings. The van der Waals surface area contributed by atoms with Crippen molar-refractivity contribution in [1.82, 2.24) is 4.57 Å². The van der Waals surface area contributed by atoms with Gasteiger partial charge in [-0.3, -0.25) is 0 Å². The molecule has 4 heterocycles. The molecule has 262 valence electrons. The van der Waals surface area contributed by atoms with Crippen LogP contribution in [0.4, 0.5) is 11.4 Å². The van der Waals surface area contributed by atoms with E-state index >= 15 is 0 Å². The standard InChI is InChI=1S/C52H32N2OS/c1-2-13-34(14-3-1)53-44-26-24-33(29-41(44)49-35-15-5-4-12-31(35)22-27-45(49)53)32-23-25-43-39(28-32)36-16-6-9-19-42(36)54(43)46-30-40-37-17-7-10-20-47(37)55-51(40)50-38-18-8-11-21-48(38)56-52(46)50/h1-25,27-30,44H,26H2. The molecule has 3 nitrogen and oxygen atoms in total. The van der Waals surface area contributed by atoms with Gasteiger partial charge in [0.05, 0.1) is 27.5 Å². The maximum Gasteiger partial charge on any atom is 0.144 e. The number of fused-ring (bicyclic) bond motifs is 15. The fourth-order valence-corrected chi connectivity index (χ4v) is 11.0. The van der Waals surface area contributed by atoms with E-state index in [4.69, 9.17) is 4.42 Å². The molecule has 0 N–H and O–H groups in total. The first kappa shape index (κ1) is 30.4. The monoisotopic (exact) mass is 732 g/mol. The van der Waals surface area contributed by atoms with E-state index in [1.54, 1.807) is 0 Å². The van der Waals surface area contributed by atoms with Crippen LogP contribution in [0.1, 0.15) is 17.5 Å². The first-order valence-electron chi connectivity index (χ1n) is 19.4. The van der Waals surface area contributed by atoms with Crippen molar-refractivity contribution in [2.24, 2.45) is 0 Å². The van der Waals surface area contributed by atoms with E-state index in [0.29, 0.717) is 0 Å². The van der Waals surface area contributed by atoms with Gasteiger partial charge in [-0.05, 0) is 94.6 Å². The van der Waals surface area contributed by atoms with Crippen LogP contribution in [0.5, 0.6) is 0 Å². The minimum atomic E-state index is 0.241. The molecule has 0 saturated heterocycles. The summed E-state index contributed by atoms with van der Waals surface area (Å²) in [6.07, 6.45) is 5.86. The van der Waals surface area contributed by atoms with Crippen molar-refractivity contribution < 1.29 is 4.42 Å². The zero-order chi connectivity index (χ0) is 36.5. The third-order valence-corrected chi connectivity index (χ3v) is 13.4. The van der Waals surface area contributed by atoms with Gasteiger partial charge in [0.1, 0.15) is 11.2 Å². The van der Waals surface area contributed by atoms with Gasteiger partial charge in [-0.1, -0.05) is 115 Å². The largest absolute Gasteiger partial charge is 0.455 e. The fraction of sp³-hybridized carbons (Fsp3) is 0.0385. The number of allylic oxidation sites excluding steroid dienone is 2. The van der Waals surface area contributed by atoms with E-state index in [1.165, 1.54) is 92.1 Å². The Morgan fingerprint density at radius 1 is 0.571 bits per heavy atom. The van der Waals surface area contributed by atoms with Crippen LogP contribution in [0, 0.1) is 0 Å². The molecule has 0 fully saturated rings. The molecule has 3 aromatic heterocycles. The Kier molecular flexibility index (Phi) is 6.16. The van der Waals surface area contributed by atoms with Gasteiger partial charge in [0.15, 0.2) is 0 Å². The molecule has 0 amide bonds. The number of furan rings is 1. The van der Waals surface area contributed by atoms with Gasteiger partial charge >= 0.3 is 0 Å². The summed E-state index contributed by atoms with van der Waals surface area (Å²) in [5, 5.41) is 9.83. The zero-order valence-electron chi connectivity index (χ0n) is 30.2. The van der Waals surface area contributed by atoms with Crippen molar-refractivity contribution >= 4 is 109 Å². The van der Waals surface area contributed by atoms with Crippen molar-refractivity contribution in [1.29, 1.82) is 0 Å². The third-order valence-electron chi connectivity index (χ3n) is 12.2. The Balaban J connectivity index is 1.03. The van der Waals surface area contributed by atoms with Gasteiger partial charge in [0.2, 0.25) is 0 Å². The molecule has 1 atom stereocenters. The van der Waals surface area contributed by atoms with Crippen LogP contribution in [0.2, 0.25) is 0 Å². The molecule has 4 heteroatoms. The Bertz CT molecular complexity index is 3520. The Morgan fingerprint density at radius 3 is 2.23 bits per heavy atom. The van der Waals surface area contributed by atoms with Crippen molar-refractivity contribution in [3.8, 4) is 5.69 Å². The molecule has 8 aromatic carbocycles. The van der Waals surface area contributed by atoms with Crippen LogP contribution in [-0.2, 0) is 0 Å². The molecule has 56 heavy (non-hydrogen) atoms. The number of rotatable bonds is 3. The van der Waals surface area contributed by atoms with Crippen LogP contribution in [-0.4, -0.2) is 10.6 Å². The first-order valence-corrected chi connectivity index (χ1v) is 20.2. The minimum Gasteiger partial charge on any atom is -0.455 e. The lowest BCUT2D eigenvalue weighted by Gasteiger charge is -2.29. The minimum absolute atomic E-state index is 0.241. The lowest BCUT2D eigenvalue weighted by atomic mass is 9.87. The molecule has 1 aliphatic heterocycles. The number of hydrogen-bond acceptors (Lipinski definition) is 3. The maximum absolute atomic E-state index is 6.65. The summed E-state index contributed by atoms with van der Waals surface area (Å²) in [6, 6.07) is 60.1. The van der Waals surface area contributed by atoms with E-state index in [2.05, 4.69) is 185 Å². The number of thiophene rings is 1. The molecule has 1 aliphatic carbocycles. The number of hydrogen-bond donors (Lipinski definition) is 0. The Morgan fingerprint density at radius 2 is 1.32 bits per heavy atom. The smallest absolute Gasteiger partial charge is 0.144 e. The van der Waals surface area contributed by atoms with Crippen LogP contribution in [0.3, 0.4) is 0 Å². The normalized spacial score (nSPS) is 15.4. The summed E-state index contributed by atoms with van der Waals surface area (Å²) in [4.78, 5) is 2.55. The Labute approximate surface area is 326 Å². The lowest BCUT2D eigenvalue weighted by Crippen LogP contribution is -2.27. The average Bonchev–Trinajstić information content (AvgIpc) is 4.01. The van der Waals surface area contributed by atoms with Crippen molar-refractivity contribution in [2.75, 3.05) is 4.90 Å². The van der Waals surface area contributed by atoms with E-state index in [1.807, 2.05) is 11.3 Å². The van der Waals surface area contributed by atoms with E-state index in [9.17, 15) is 0 Å². The highest BCUT2D eigenvalue weighted by Crippen LogP contribution is 2.52. The highest BCUT2D eigenvalue weighted by atomic mass is 32.1. The lowest BCUT2D eigenvalue weighted by molar-refractivity contribution is 0.673. The molecule has 0 saturated carbocycles. The molecular weight excluding hydrogens is 701 g/mol. The molecule has 0 bridgehead atoms. The number of aromatic nitrogens is 1. The number of benzene rings is 8. The van der Waals surface area contributed by atoms with Crippen molar-refractivity contribution in [3.05, 3.63) is 187 Å². The fourth-order valence-electron chi connectivity index (χ4n) is 9.84. The summed E-state index contributed by atoms with van der Waals surface area (Å²) in [7, 11) is 0. The zero-order valence-corrected chi connectivity index (χ0v) is 31.1. The maximum atomic E-state index is 6.65. The van der Waals surface area contributed by atoms with Gasteiger partial charge in [-0.2, -0.15) is 0 Å². The highest BCUT2D eigenvalue weighted by molar-refractivity contribution is 7.26. The average molecular weight is 733 g/mol. The molecular formula is C52H32N2OS. The molecule has 1 unspecified atom stereocenters. The molecule has 13 rings (SSSR count). The Hall–Kier alpha value is -6.88. The highest BCUT2D eigenvalue weighted by Gasteiger charge is 2.37. The first-order chi connectivity index (χ1) is 27.8. The van der Waals surface area contributed by atoms with Gasteiger partial charge in [0.25, 0.3) is 0 Å². The van der Waals surface area contributed by atoms with Crippen molar-refractivity contribution in [3.63, 3.8) is 0 Å². The van der Waals surface area contributed by atoms with Gasteiger partial charge in [-0.15, -0.1) is 11.3 Å². The second-order valence-electron chi connectivity index (χ2n) is 15.2. The summed E-state index contributed by atoms with van der Waals surface area (Å²) in [5.41, 5.74) is 13.3. The van der Waals surface area contributed by atoms with Crippen LogP contribution < -0.4 is 4.90 Å². The summed E-state index contributed by atoms with van der Waals surface area (Å²) < 4.78 is 11.7. The number of anilines is 2. The molecule has 11 aromatic rings. The van der Waals surface area contributed by atoms with Gasteiger partial charge in [0, 0.05) is 54.0 Å². The topological polar surface area (TPSA) is 21.3 Å². The number of para-hydroxylation sites is 3. The van der Waals surface area contributed by atoms with E-state index < -0.39 is 0 Å². The predicted molar refractivity (Wildman–Crippen MR) is 238 cm³/mol. The van der Waals surface area contributed by atoms with Crippen LogP contribution in [0.15, 0.2) is 180 Å². The predicted octanol–water partition coefficient (Wildman–Crippen LogP) is 14.6. The quantitative estimate of drug-likeness (QED) is 0.180. The van der Waals surface area contributed by atoms with Crippen LogP contribution >= 0.6 is 11.3 Å². The third kappa shape index (κ3) is 4.11. The molecule has 0 spiro atoms. The summed E-state index contributed by atoms with van der Waals surface area (Å²) >= 11 is 1.86. The SMILES string of the molecule is C1=C(c2ccc3c(c2)c2ccccc2n3-c2cc3c4ccccc4oc3c3c2sc2ccccc23)C=C2c3c(ccc4ccccc34)N(c3ccccc3)C2C1. The van der Waals surface area contributed by atoms with Gasteiger partial charge in [-0.25, -0.2) is 0 Å². The second-order valence-corrected chi connectivity index (χ2v) is 16.2. The van der Waals surface area contributed by atoms with Gasteiger partial charge < -0.3 is 13.9 Å². The van der Waals surface area contributed by atoms with E-state index in [0.717, 1.165) is 28.4 Å².